The molecule has 2 aromatic rings. The molecule has 1 aromatic carbocycles. The predicted octanol–water partition coefficient (Wildman–Crippen LogP) is 3.11. The molecule has 0 aliphatic carbocycles. The molecule has 1 atom stereocenters. The summed E-state index contributed by atoms with van der Waals surface area (Å²) >= 11 is 0. The number of imidazole rings is 1. The summed E-state index contributed by atoms with van der Waals surface area (Å²) in [5.74, 6) is 1.66. The van der Waals surface area contributed by atoms with Gasteiger partial charge in [0.15, 0.2) is 0 Å². The Bertz CT molecular complexity index is 815. The number of likely N-dealkylation sites (tertiary alicyclic amines) is 1. The molecule has 2 saturated heterocycles. The summed E-state index contributed by atoms with van der Waals surface area (Å²) in [6.45, 7) is 8.73. The molecule has 6 heteroatoms. The monoisotopic (exact) mass is 356 g/mol. The molecule has 0 bridgehead atoms. The van der Waals surface area contributed by atoms with Crippen LogP contribution in [-0.2, 0) is 17.8 Å². The molecule has 1 spiro atoms. The number of amides is 1. The van der Waals surface area contributed by atoms with Gasteiger partial charge in [-0.15, -0.1) is 0 Å². The lowest BCUT2D eigenvalue weighted by Crippen LogP contribution is -2.50. The molecule has 0 radical (unpaired) electrons. The molecule has 2 fully saturated rings. The van der Waals surface area contributed by atoms with Crippen LogP contribution in [0.2, 0.25) is 0 Å². The quantitative estimate of drug-likeness (QED) is 0.845. The van der Waals surface area contributed by atoms with Gasteiger partial charge in [0.1, 0.15) is 11.4 Å². The second-order valence-electron chi connectivity index (χ2n) is 8.24. The third-order valence-electron chi connectivity index (χ3n) is 5.41. The van der Waals surface area contributed by atoms with E-state index in [2.05, 4.69) is 41.5 Å². The molecule has 140 valence electrons. The Balaban J connectivity index is 1.58. The number of para-hydroxylation sites is 2. The van der Waals surface area contributed by atoms with E-state index in [1.54, 1.807) is 4.90 Å². The minimum absolute atomic E-state index is 0.195. The topological polar surface area (TPSA) is 50.6 Å². The van der Waals surface area contributed by atoms with Crippen LogP contribution in [0.3, 0.4) is 0 Å². The lowest BCUT2D eigenvalue weighted by Gasteiger charge is -2.38. The van der Waals surface area contributed by atoms with Crippen LogP contribution >= 0.6 is 0 Å². The Kier molecular flexibility index (Phi) is 4.39. The molecule has 1 amide bonds. The fourth-order valence-electron chi connectivity index (χ4n) is 4.34. The largest absolute Gasteiger partial charge is 0.440 e. The number of benzene rings is 1. The van der Waals surface area contributed by atoms with Gasteiger partial charge in [-0.25, -0.2) is 9.78 Å². The smallest absolute Gasteiger partial charge is 0.410 e. The molecule has 3 heterocycles. The Hall–Kier alpha value is -2.08. The van der Waals surface area contributed by atoms with E-state index in [0.29, 0.717) is 12.5 Å². The first-order chi connectivity index (χ1) is 12.5. The van der Waals surface area contributed by atoms with Crippen molar-refractivity contribution in [3.63, 3.8) is 0 Å². The fourth-order valence-corrected chi connectivity index (χ4v) is 4.34. The third kappa shape index (κ3) is 3.18. The maximum atomic E-state index is 11.9. The lowest BCUT2D eigenvalue weighted by atomic mass is 9.93. The number of ether oxygens (including phenoxy) is 1. The summed E-state index contributed by atoms with van der Waals surface area (Å²) in [5, 5.41) is 0. The van der Waals surface area contributed by atoms with Crippen LogP contribution in [0.1, 0.15) is 32.5 Å². The Morgan fingerprint density at radius 2 is 2.08 bits per heavy atom. The minimum Gasteiger partial charge on any atom is -0.440 e. The van der Waals surface area contributed by atoms with Gasteiger partial charge in [-0.2, -0.15) is 0 Å². The van der Waals surface area contributed by atoms with Crippen molar-refractivity contribution in [1.82, 2.24) is 19.4 Å². The zero-order chi connectivity index (χ0) is 18.3. The number of aromatic nitrogens is 2. The van der Waals surface area contributed by atoms with E-state index in [1.165, 1.54) is 5.52 Å². The highest BCUT2D eigenvalue weighted by molar-refractivity contribution is 5.75. The number of hydrogen-bond acceptors (Lipinski definition) is 4. The van der Waals surface area contributed by atoms with E-state index in [0.717, 1.165) is 50.4 Å². The first kappa shape index (κ1) is 17.3. The van der Waals surface area contributed by atoms with Gasteiger partial charge in [0, 0.05) is 20.1 Å². The Labute approximate surface area is 154 Å². The molecule has 2 aliphatic rings. The van der Waals surface area contributed by atoms with Crippen molar-refractivity contribution in [3.8, 4) is 0 Å². The van der Waals surface area contributed by atoms with Crippen molar-refractivity contribution >= 4 is 17.1 Å². The van der Waals surface area contributed by atoms with Gasteiger partial charge in [-0.05, 0) is 37.4 Å². The third-order valence-corrected chi connectivity index (χ3v) is 5.41. The van der Waals surface area contributed by atoms with E-state index >= 15 is 0 Å². The van der Waals surface area contributed by atoms with Crippen molar-refractivity contribution in [2.24, 2.45) is 5.92 Å². The van der Waals surface area contributed by atoms with Gasteiger partial charge >= 0.3 is 6.09 Å². The predicted molar refractivity (Wildman–Crippen MR) is 101 cm³/mol. The van der Waals surface area contributed by atoms with E-state index in [1.807, 2.05) is 13.1 Å². The number of rotatable bonds is 4. The SMILES string of the molecule is CC(C)Cn1c(CN2CCC[C@@]3(C2)CN(C)C(=O)O3)nc2ccccc21. The molecule has 1 aromatic heterocycles. The second-order valence-corrected chi connectivity index (χ2v) is 8.24. The maximum Gasteiger partial charge on any atom is 0.410 e. The number of hydrogen-bond donors (Lipinski definition) is 0. The molecule has 6 nitrogen and oxygen atoms in total. The number of carbonyl (C=O) groups is 1. The summed E-state index contributed by atoms with van der Waals surface area (Å²) in [5.41, 5.74) is 1.91. The van der Waals surface area contributed by atoms with Crippen LogP contribution in [0.5, 0.6) is 0 Å². The highest BCUT2D eigenvalue weighted by atomic mass is 16.6. The second kappa shape index (κ2) is 6.58. The van der Waals surface area contributed by atoms with Crippen molar-refractivity contribution in [2.45, 2.75) is 45.4 Å². The van der Waals surface area contributed by atoms with Crippen LogP contribution < -0.4 is 0 Å². The Morgan fingerprint density at radius 3 is 2.81 bits per heavy atom. The number of piperidine rings is 1. The van der Waals surface area contributed by atoms with Gasteiger partial charge in [0.2, 0.25) is 0 Å². The molecule has 0 saturated carbocycles. The van der Waals surface area contributed by atoms with Crippen LogP contribution in [0.15, 0.2) is 24.3 Å². The zero-order valence-electron chi connectivity index (χ0n) is 15.9. The van der Waals surface area contributed by atoms with Gasteiger partial charge < -0.3 is 14.2 Å². The summed E-state index contributed by atoms with van der Waals surface area (Å²) < 4.78 is 8.10. The van der Waals surface area contributed by atoms with Crippen molar-refractivity contribution < 1.29 is 9.53 Å². The first-order valence-electron chi connectivity index (χ1n) is 9.56. The molecule has 0 unspecified atom stereocenters. The number of likely N-dealkylation sites (N-methyl/N-ethyl adjacent to an activating group) is 1. The van der Waals surface area contributed by atoms with E-state index < -0.39 is 0 Å². The highest BCUT2D eigenvalue weighted by Gasteiger charge is 2.46. The van der Waals surface area contributed by atoms with Gasteiger partial charge in [-0.3, -0.25) is 4.90 Å². The van der Waals surface area contributed by atoms with Crippen LogP contribution in [0.25, 0.3) is 11.0 Å². The highest BCUT2D eigenvalue weighted by Crippen LogP contribution is 2.32. The van der Waals surface area contributed by atoms with Gasteiger partial charge in [0.25, 0.3) is 0 Å². The number of carbonyl (C=O) groups excluding carboxylic acids is 1. The lowest BCUT2D eigenvalue weighted by molar-refractivity contribution is -0.0123. The molecular formula is C20H28N4O2. The van der Waals surface area contributed by atoms with Crippen LogP contribution in [-0.4, -0.2) is 57.7 Å². The van der Waals surface area contributed by atoms with Crippen molar-refractivity contribution in [2.75, 3.05) is 26.7 Å². The summed E-state index contributed by atoms with van der Waals surface area (Å²) in [4.78, 5) is 20.9. The fraction of sp³-hybridized carbons (Fsp3) is 0.600. The molecule has 26 heavy (non-hydrogen) atoms. The number of fused-ring (bicyclic) bond motifs is 1. The average Bonchev–Trinajstić information content (AvgIpc) is 3.05. The van der Waals surface area contributed by atoms with Crippen LogP contribution in [0.4, 0.5) is 4.79 Å². The normalized spacial score (nSPS) is 24.2. The summed E-state index contributed by atoms with van der Waals surface area (Å²) in [7, 11) is 1.82. The van der Waals surface area contributed by atoms with Gasteiger partial charge in [-0.1, -0.05) is 26.0 Å². The first-order valence-corrected chi connectivity index (χ1v) is 9.56. The summed E-state index contributed by atoms with van der Waals surface area (Å²) in [6.07, 6.45) is 1.80. The van der Waals surface area contributed by atoms with Crippen molar-refractivity contribution in [3.05, 3.63) is 30.1 Å². The van der Waals surface area contributed by atoms with E-state index in [9.17, 15) is 4.79 Å². The standard InChI is InChI=1S/C20H28N4O2/c1-15(2)11-24-17-8-5-4-7-16(17)21-18(24)12-23-10-6-9-20(14-23)13-22(3)19(25)26-20/h4-5,7-8,15H,6,9-14H2,1-3H3/t20-/m0/s1. The van der Waals surface area contributed by atoms with E-state index in [4.69, 9.17) is 9.72 Å². The zero-order valence-corrected chi connectivity index (χ0v) is 15.9. The van der Waals surface area contributed by atoms with Gasteiger partial charge in [0.05, 0.1) is 24.1 Å². The van der Waals surface area contributed by atoms with E-state index in [-0.39, 0.29) is 11.7 Å². The molecule has 2 aliphatic heterocycles. The molecular weight excluding hydrogens is 328 g/mol. The minimum atomic E-state index is -0.348. The van der Waals surface area contributed by atoms with Crippen LogP contribution in [0, 0.1) is 5.92 Å². The summed E-state index contributed by atoms with van der Waals surface area (Å²) in [6, 6.07) is 8.36. The number of nitrogens with zero attached hydrogens (tertiary/aromatic N) is 4. The maximum absolute atomic E-state index is 11.9. The van der Waals surface area contributed by atoms with Crippen molar-refractivity contribution in [1.29, 1.82) is 0 Å². The Morgan fingerprint density at radius 1 is 1.27 bits per heavy atom. The average molecular weight is 356 g/mol. The molecule has 0 N–H and O–H groups in total. The molecule has 4 rings (SSSR count).